The average molecular weight is 325 g/mol. The first-order valence-electron chi connectivity index (χ1n) is 8.84. The smallest absolute Gasteiger partial charge is 0.224 e. The molecular formula is C21H27NO2. The molecule has 0 spiro atoms. The van der Waals surface area contributed by atoms with E-state index >= 15 is 0 Å². The molecule has 1 N–H and O–H groups in total. The minimum absolute atomic E-state index is 0.0875. The van der Waals surface area contributed by atoms with Crippen molar-refractivity contribution in [3.05, 3.63) is 60.2 Å². The molecule has 0 atom stereocenters. The van der Waals surface area contributed by atoms with E-state index in [1.807, 2.05) is 54.6 Å². The summed E-state index contributed by atoms with van der Waals surface area (Å²) in [5, 5.41) is 2.94. The molecule has 0 radical (unpaired) electrons. The SMILES string of the molecule is CCCCCCCC(=O)Nc1ccc(OCc2ccccc2)cc1. The minimum atomic E-state index is 0.0875. The van der Waals surface area contributed by atoms with Crippen molar-refractivity contribution in [2.45, 2.75) is 52.1 Å². The number of amides is 1. The number of hydrogen-bond donors (Lipinski definition) is 1. The summed E-state index contributed by atoms with van der Waals surface area (Å²) in [5.74, 6) is 0.890. The molecule has 0 aromatic heterocycles. The number of nitrogens with one attached hydrogen (secondary N) is 1. The van der Waals surface area contributed by atoms with Gasteiger partial charge in [0, 0.05) is 12.1 Å². The van der Waals surface area contributed by atoms with E-state index in [4.69, 9.17) is 4.74 Å². The average Bonchev–Trinajstić information content (AvgIpc) is 2.62. The van der Waals surface area contributed by atoms with Crippen LogP contribution in [0.2, 0.25) is 0 Å². The molecule has 0 saturated carbocycles. The molecule has 0 bridgehead atoms. The zero-order valence-electron chi connectivity index (χ0n) is 14.5. The Morgan fingerprint density at radius 3 is 2.33 bits per heavy atom. The van der Waals surface area contributed by atoms with Crippen LogP contribution in [0.5, 0.6) is 5.75 Å². The Morgan fingerprint density at radius 2 is 1.62 bits per heavy atom. The van der Waals surface area contributed by atoms with Crippen LogP contribution in [0.4, 0.5) is 5.69 Å². The second kappa shape index (κ2) is 10.5. The van der Waals surface area contributed by atoms with Crippen LogP contribution in [0.1, 0.15) is 51.0 Å². The van der Waals surface area contributed by atoms with Gasteiger partial charge < -0.3 is 10.1 Å². The van der Waals surface area contributed by atoms with Crippen molar-refractivity contribution in [3.63, 3.8) is 0 Å². The van der Waals surface area contributed by atoms with E-state index in [2.05, 4.69) is 12.2 Å². The van der Waals surface area contributed by atoms with E-state index in [1.165, 1.54) is 19.3 Å². The highest BCUT2D eigenvalue weighted by Crippen LogP contribution is 2.17. The lowest BCUT2D eigenvalue weighted by atomic mass is 10.1. The molecule has 0 heterocycles. The molecule has 3 heteroatoms. The topological polar surface area (TPSA) is 38.3 Å². The zero-order valence-corrected chi connectivity index (χ0v) is 14.5. The Bertz CT molecular complexity index is 593. The van der Waals surface area contributed by atoms with Gasteiger partial charge in [-0.25, -0.2) is 0 Å². The van der Waals surface area contributed by atoms with Gasteiger partial charge in [-0.1, -0.05) is 62.9 Å². The van der Waals surface area contributed by atoms with Gasteiger partial charge in [0.15, 0.2) is 0 Å². The summed E-state index contributed by atoms with van der Waals surface area (Å²) in [6.45, 7) is 2.74. The van der Waals surface area contributed by atoms with Crippen LogP contribution in [0, 0.1) is 0 Å². The zero-order chi connectivity index (χ0) is 17.0. The van der Waals surface area contributed by atoms with Crippen LogP contribution in [-0.2, 0) is 11.4 Å². The van der Waals surface area contributed by atoms with E-state index in [0.717, 1.165) is 29.8 Å². The molecule has 2 rings (SSSR count). The number of rotatable bonds is 10. The summed E-state index contributed by atoms with van der Waals surface area (Å²) in [4.78, 5) is 11.9. The molecule has 0 saturated heterocycles. The molecule has 0 aliphatic carbocycles. The first-order valence-corrected chi connectivity index (χ1v) is 8.84. The van der Waals surface area contributed by atoms with Gasteiger partial charge in [0.05, 0.1) is 0 Å². The van der Waals surface area contributed by atoms with E-state index in [-0.39, 0.29) is 5.91 Å². The number of carbonyl (C=O) groups is 1. The highest BCUT2D eigenvalue weighted by molar-refractivity contribution is 5.90. The van der Waals surface area contributed by atoms with Gasteiger partial charge in [0.1, 0.15) is 12.4 Å². The maximum atomic E-state index is 11.9. The normalized spacial score (nSPS) is 10.4. The van der Waals surface area contributed by atoms with Crippen molar-refractivity contribution in [1.29, 1.82) is 0 Å². The Kier molecular flexibility index (Phi) is 7.88. The lowest BCUT2D eigenvalue weighted by Gasteiger charge is -2.08. The first kappa shape index (κ1) is 18.1. The van der Waals surface area contributed by atoms with E-state index in [0.29, 0.717) is 13.0 Å². The summed E-state index contributed by atoms with van der Waals surface area (Å²) in [5.41, 5.74) is 1.96. The molecular weight excluding hydrogens is 298 g/mol. The summed E-state index contributed by atoms with van der Waals surface area (Å²) in [6, 6.07) is 17.6. The van der Waals surface area contributed by atoms with Crippen LogP contribution in [0.15, 0.2) is 54.6 Å². The Hall–Kier alpha value is -2.29. The van der Waals surface area contributed by atoms with Crippen molar-refractivity contribution in [2.75, 3.05) is 5.32 Å². The third-order valence-corrected chi connectivity index (χ3v) is 3.89. The van der Waals surface area contributed by atoms with Gasteiger partial charge in [-0.15, -0.1) is 0 Å². The maximum absolute atomic E-state index is 11.9. The summed E-state index contributed by atoms with van der Waals surface area (Å²) in [7, 11) is 0. The quantitative estimate of drug-likeness (QED) is 0.580. The van der Waals surface area contributed by atoms with Crippen LogP contribution in [-0.4, -0.2) is 5.91 Å². The number of carbonyl (C=O) groups excluding carboxylic acids is 1. The predicted octanol–water partition coefficient (Wildman–Crippen LogP) is 5.56. The minimum Gasteiger partial charge on any atom is -0.489 e. The summed E-state index contributed by atoms with van der Waals surface area (Å²) >= 11 is 0. The van der Waals surface area contributed by atoms with Crippen molar-refractivity contribution in [1.82, 2.24) is 0 Å². The van der Waals surface area contributed by atoms with Gasteiger partial charge >= 0.3 is 0 Å². The molecule has 2 aromatic carbocycles. The van der Waals surface area contributed by atoms with Crippen LogP contribution in [0.25, 0.3) is 0 Å². The Morgan fingerprint density at radius 1 is 0.917 bits per heavy atom. The number of ether oxygens (including phenoxy) is 1. The molecule has 0 aliphatic heterocycles. The van der Waals surface area contributed by atoms with Gasteiger partial charge in [0.2, 0.25) is 5.91 Å². The highest BCUT2D eigenvalue weighted by atomic mass is 16.5. The molecule has 0 unspecified atom stereocenters. The molecule has 2 aromatic rings. The van der Waals surface area contributed by atoms with Crippen molar-refractivity contribution in [3.8, 4) is 5.75 Å². The van der Waals surface area contributed by atoms with Gasteiger partial charge in [-0.05, 0) is 36.2 Å². The largest absolute Gasteiger partial charge is 0.489 e. The van der Waals surface area contributed by atoms with E-state index < -0.39 is 0 Å². The fraction of sp³-hybridized carbons (Fsp3) is 0.381. The third-order valence-electron chi connectivity index (χ3n) is 3.89. The second-order valence-electron chi connectivity index (χ2n) is 6.01. The van der Waals surface area contributed by atoms with Gasteiger partial charge in [-0.3, -0.25) is 4.79 Å². The van der Waals surface area contributed by atoms with E-state index in [9.17, 15) is 4.79 Å². The molecule has 128 valence electrons. The lowest BCUT2D eigenvalue weighted by Crippen LogP contribution is -2.10. The fourth-order valence-electron chi connectivity index (χ4n) is 2.49. The molecule has 24 heavy (non-hydrogen) atoms. The van der Waals surface area contributed by atoms with Gasteiger partial charge in [-0.2, -0.15) is 0 Å². The molecule has 0 fully saturated rings. The van der Waals surface area contributed by atoms with E-state index in [1.54, 1.807) is 0 Å². The Balaban J connectivity index is 1.70. The van der Waals surface area contributed by atoms with Gasteiger partial charge in [0.25, 0.3) is 0 Å². The van der Waals surface area contributed by atoms with Crippen molar-refractivity contribution >= 4 is 11.6 Å². The number of anilines is 1. The summed E-state index contributed by atoms with van der Waals surface area (Å²) < 4.78 is 5.74. The van der Waals surface area contributed by atoms with Crippen molar-refractivity contribution < 1.29 is 9.53 Å². The summed E-state index contributed by atoms with van der Waals surface area (Å²) in [6.07, 6.45) is 6.39. The Labute approximate surface area is 145 Å². The molecule has 0 aliphatic rings. The first-order chi connectivity index (χ1) is 11.8. The number of hydrogen-bond acceptors (Lipinski definition) is 2. The lowest BCUT2D eigenvalue weighted by molar-refractivity contribution is -0.116. The monoisotopic (exact) mass is 325 g/mol. The fourth-order valence-corrected chi connectivity index (χ4v) is 2.49. The molecule has 1 amide bonds. The van der Waals surface area contributed by atoms with Crippen molar-refractivity contribution in [2.24, 2.45) is 0 Å². The van der Waals surface area contributed by atoms with Crippen LogP contribution in [0.3, 0.4) is 0 Å². The number of benzene rings is 2. The number of unbranched alkanes of at least 4 members (excludes halogenated alkanes) is 4. The standard InChI is InChI=1S/C21H27NO2/c1-2-3-4-5-9-12-21(23)22-19-13-15-20(16-14-19)24-17-18-10-7-6-8-11-18/h6-8,10-11,13-16H,2-5,9,12,17H2,1H3,(H,22,23). The van der Waals surface area contributed by atoms with Crippen LogP contribution >= 0.6 is 0 Å². The molecule has 3 nitrogen and oxygen atoms in total. The highest BCUT2D eigenvalue weighted by Gasteiger charge is 2.03. The second-order valence-corrected chi connectivity index (χ2v) is 6.01. The third kappa shape index (κ3) is 6.86. The van der Waals surface area contributed by atoms with Crippen LogP contribution < -0.4 is 10.1 Å². The maximum Gasteiger partial charge on any atom is 0.224 e. The predicted molar refractivity (Wildman–Crippen MR) is 99.2 cm³/mol.